The topological polar surface area (TPSA) is 69.6 Å². The lowest BCUT2D eigenvalue weighted by Gasteiger charge is -2.41. The zero-order valence-electron chi connectivity index (χ0n) is 13.7. The van der Waals surface area contributed by atoms with Crippen molar-refractivity contribution in [3.05, 3.63) is 0 Å². The number of amides is 1. The number of carbonyl (C=O) groups is 1. The van der Waals surface area contributed by atoms with Crippen molar-refractivity contribution in [2.75, 3.05) is 6.54 Å². The maximum Gasteiger partial charge on any atom is 0.225 e. The molecule has 21 heavy (non-hydrogen) atoms. The number of carbonyl (C=O) groups excluding carboxylic acids is 1. The van der Waals surface area contributed by atoms with E-state index in [0.29, 0.717) is 17.9 Å². The van der Waals surface area contributed by atoms with Crippen LogP contribution in [0.5, 0.6) is 0 Å². The summed E-state index contributed by atoms with van der Waals surface area (Å²) in [6.45, 7) is 7.09. The summed E-state index contributed by atoms with van der Waals surface area (Å²) in [4.78, 5) is 12.1. The van der Waals surface area contributed by atoms with Crippen LogP contribution in [0, 0.1) is 17.3 Å². The van der Waals surface area contributed by atoms with Gasteiger partial charge < -0.3 is 15.5 Å². The third-order valence-electron chi connectivity index (χ3n) is 5.55. The molecule has 0 spiro atoms. The van der Waals surface area contributed by atoms with Crippen LogP contribution < -0.4 is 5.32 Å². The Labute approximate surface area is 128 Å². The van der Waals surface area contributed by atoms with Gasteiger partial charge in [0.25, 0.3) is 0 Å². The molecule has 0 aromatic rings. The molecule has 2 aliphatic carbocycles. The van der Waals surface area contributed by atoms with Crippen molar-refractivity contribution >= 4 is 5.91 Å². The fraction of sp³-hybridized carbons (Fsp3) is 0.941. The molecular formula is C17H31NO3. The van der Waals surface area contributed by atoms with Crippen molar-refractivity contribution in [3.8, 4) is 0 Å². The van der Waals surface area contributed by atoms with Crippen LogP contribution in [0.2, 0.25) is 0 Å². The first-order valence-electron chi connectivity index (χ1n) is 8.39. The van der Waals surface area contributed by atoms with Crippen molar-refractivity contribution in [3.63, 3.8) is 0 Å². The normalized spacial score (nSPS) is 37.5. The molecule has 0 aromatic carbocycles. The molecule has 0 radical (unpaired) electrons. The fourth-order valence-electron chi connectivity index (χ4n) is 3.83. The lowest BCUT2D eigenvalue weighted by atomic mass is 9.68. The second-order valence-electron chi connectivity index (χ2n) is 8.19. The smallest absolute Gasteiger partial charge is 0.225 e. The molecule has 2 fully saturated rings. The van der Waals surface area contributed by atoms with Gasteiger partial charge in [0.05, 0.1) is 17.6 Å². The number of rotatable bonds is 3. The van der Waals surface area contributed by atoms with Crippen LogP contribution in [0.1, 0.15) is 65.7 Å². The molecule has 0 bridgehead atoms. The molecule has 122 valence electrons. The maximum absolute atomic E-state index is 12.1. The second-order valence-corrected chi connectivity index (χ2v) is 8.19. The molecule has 2 rings (SSSR count). The number of aliphatic hydroxyl groups excluding tert-OH is 1. The minimum Gasteiger partial charge on any atom is -0.392 e. The average Bonchev–Trinajstić information content (AvgIpc) is 2.82. The van der Waals surface area contributed by atoms with Crippen LogP contribution in [0.25, 0.3) is 0 Å². The van der Waals surface area contributed by atoms with Gasteiger partial charge in [-0.3, -0.25) is 4.79 Å². The van der Waals surface area contributed by atoms with Crippen LogP contribution in [-0.4, -0.2) is 34.4 Å². The largest absolute Gasteiger partial charge is 0.392 e. The Balaban J connectivity index is 1.79. The van der Waals surface area contributed by atoms with Gasteiger partial charge in [-0.05, 0) is 56.3 Å². The molecule has 2 unspecified atom stereocenters. The Kier molecular flexibility index (Phi) is 4.99. The maximum atomic E-state index is 12.1. The fourth-order valence-corrected chi connectivity index (χ4v) is 3.83. The van der Waals surface area contributed by atoms with E-state index in [1.54, 1.807) is 0 Å². The average molecular weight is 297 g/mol. The summed E-state index contributed by atoms with van der Waals surface area (Å²) in [6, 6.07) is 0. The second kappa shape index (κ2) is 6.25. The third-order valence-corrected chi connectivity index (χ3v) is 5.55. The van der Waals surface area contributed by atoms with Crippen LogP contribution in [0.3, 0.4) is 0 Å². The molecule has 0 aliphatic heterocycles. The minimum absolute atomic E-state index is 0.0913. The Morgan fingerprint density at radius 2 is 1.81 bits per heavy atom. The number of hydrogen-bond acceptors (Lipinski definition) is 3. The van der Waals surface area contributed by atoms with E-state index in [9.17, 15) is 15.0 Å². The summed E-state index contributed by atoms with van der Waals surface area (Å²) in [6.07, 6.45) is 5.43. The van der Waals surface area contributed by atoms with Crippen molar-refractivity contribution in [2.24, 2.45) is 17.3 Å². The van der Waals surface area contributed by atoms with Gasteiger partial charge in [0.15, 0.2) is 0 Å². The summed E-state index contributed by atoms with van der Waals surface area (Å²) in [5.41, 5.74) is -0.473. The highest BCUT2D eigenvalue weighted by Crippen LogP contribution is 2.41. The summed E-state index contributed by atoms with van der Waals surface area (Å²) < 4.78 is 0. The van der Waals surface area contributed by atoms with E-state index in [2.05, 4.69) is 26.1 Å². The molecule has 3 N–H and O–H groups in total. The molecule has 0 heterocycles. The summed E-state index contributed by atoms with van der Waals surface area (Å²) >= 11 is 0. The van der Waals surface area contributed by atoms with Gasteiger partial charge in [0.1, 0.15) is 0 Å². The number of aliphatic hydroxyl groups is 2. The van der Waals surface area contributed by atoms with Gasteiger partial charge >= 0.3 is 0 Å². The lowest BCUT2D eigenvalue weighted by Crippen LogP contribution is -2.48. The summed E-state index contributed by atoms with van der Waals surface area (Å²) in [5.74, 6) is 0.274. The summed E-state index contributed by atoms with van der Waals surface area (Å²) in [5, 5.41) is 23.3. The predicted octanol–water partition coefficient (Wildman–Crippen LogP) is 2.23. The molecule has 2 saturated carbocycles. The predicted molar refractivity (Wildman–Crippen MR) is 82.7 cm³/mol. The molecule has 2 aliphatic rings. The molecule has 0 saturated heterocycles. The van der Waals surface area contributed by atoms with E-state index in [1.807, 2.05) is 0 Å². The molecule has 1 amide bonds. The van der Waals surface area contributed by atoms with Gasteiger partial charge in [-0.15, -0.1) is 0 Å². The van der Waals surface area contributed by atoms with Gasteiger partial charge in [-0.2, -0.15) is 0 Å². The van der Waals surface area contributed by atoms with Crippen LogP contribution >= 0.6 is 0 Å². The Bertz CT molecular complexity index is 367. The minimum atomic E-state index is -0.763. The Morgan fingerprint density at radius 1 is 1.19 bits per heavy atom. The SMILES string of the molecule is CC(C)(C)C1CCC(O)(CNC(=O)C2CCCC2O)CC1. The van der Waals surface area contributed by atoms with Crippen molar-refractivity contribution in [1.82, 2.24) is 5.32 Å². The van der Waals surface area contributed by atoms with E-state index in [4.69, 9.17) is 0 Å². The van der Waals surface area contributed by atoms with Gasteiger partial charge in [0, 0.05) is 6.54 Å². The van der Waals surface area contributed by atoms with Crippen LogP contribution in [-0.2, 0) is 4.79 Å². The van der Waals surface area contributed by atoms with E-state index < -0.39 is 11.7 Å². The van der Waals surface area contributed by atoms with Crippen molar-refractivity contribution in [2.45, 2.75) is 77.4 Å². The van der Waals surface area contributed by atoms with E-state index in [-0.39, 0.29) is 11.8 Å². The lowest BCUT2D eigenvalue weighted by molar-refractivity contribution is -0.129. The first-order valence-corrected chi connectivity index (χ1v) is 8.39. The molecule has 2 atom stereocenters. The van der Waals surface area contributed by atoms with E-state index in [0.717, 1.165) is 44.9 Å². The zero-order valence-corrected chi connectivity index (χ0v) is 13.7. The summed E-state index contributed by atoms with van der Waals surface area (Å²) in [7, 11) is 0. The van der Waals surface area contributed by atoms with E-state index >= 15 is 0 Å². The van der Waals surface area contributed by atoms with Gasteiger partial charge in [-0.1, -0.05) is 20.8 Å². The first kappa shape index (κ1) is 16.8. The van der Waals surface area contributed by atoms with Gasteiger partial charge in [-0.25, -0.2) is 0 Å². The van der Waals surface area contributed by atoms with Crippen molar-refractivity contribution < 1.29 is 15.0 Å². The highest BCUT2D eigenvalue weighted by Gasteiger charge is 2.38. The van der Waals surface area contributed by atoms with Crippen LogP contribution in [0.15, 0.2) is 0 Å². The van der Waals surface area contributed by atoms with Gasteiger partial charge in [0.2, 0.25) is 5.91 Å². The molecule has 4 heteroatoms. The standard InChI is InChI=1S/C17H31NO3/c1-16(2,3)12-7-9-17(21,10-8-12)11-18-15(20)13-5-4-6-14(13)19/h12-14,19,21H,4-11H2,1-3H3,(H,18,20). The van der Waals surface area contributed by atoms with Crippen molar-refractivity contribution in [1.29, 1.82) is 0 Å². The Morgan fingerprint density at radius 3 is 2.29 bits per heavy atom. The number of nitrogens with one attached hydrogen (secondary N) is 1. The van der Waals surface area contributed by atoms with E-state index in [1.165, 1.54) is 0 Å². The number of hydrogen-bond donors (Lipinski definition) is 3. The molecule has 0 aromatic heterocycles. The Hall–Kier alpha value is -0.610. The van der Waals surface area contributed by atoms with Crippen LogP contribution in [0.4, 0.5) is 0 Å². The molecule has 4 nitrogen and oxygen atoms in total. The zero-order chi connectivity index (χ0) is 15.7. The third kappa shape index (κ3) is 4.19. The quantitative estimate of drug-likeness (QED) is 0.748. The molecular weight excluding hydrogens is 266 g/mol. The highest BCUT2D eigenvalue weighted by atomic mass is 16.3. The highest BCUT2D eigenvalue weighted by molar-refractivity contribution is 5.79. The monoisotopic (exact) mass is 297 g/mol. The first-order chi connectivity index (χ1) is 9.71.